The van der Waals surface area contributed by atoms with Gasteiger partial charge in [-0.2, -0.15) is 0 Å². The van der Waals surface area contributed by atoms with Crippen LogP contribution in [0.1, 0.15) is 140 Å². The number of aliphatic carboxylic acids is 1. The topological polar surface area (TPSA) is 154 Å². The first-order chi connectivity index (χ1) is 23.2. The van der Waals surface area contributed by atoms with Crippen molar-refractivity contribution in [1.82, 2.24) is 0 Å². The predicted octanol–water partition coefficient (Wildman–Crippen LogP) is 7.80. The maximum atomic E-state index is 12.8. The Morgan fingerprint density at radius 3 is 2.06 bits per heavy atom. The lowest BCUT2D eigenvalue weighted by Crippen LogP contribution is -2.44. The molecule has 0 bridgehead atoms. The maximum Gasteiger partial charge on any atom is 0.303 e. The van der Waals surface area contributed by atoms with E-state index in [0.29, 0.717) is 25.7 Å². The highest BCUT2D eigenvalue weighted by molar-refractivity contribution is 5.91. The summed E-state index contributed by atoms with van der Waals surface area (Å²) in [6, 6.07) is 0. The van der Waals surface area contributed by atoms with Gasteiger partial charge in [0.2, 0.25) is 0 Å². The van der Waals surface area contributed by atoms with Crippen molar-refractivity contribution < 1.29 is 44.6 Å². The minimum absolute atomic E-state index is 0.0809. The SMILES string of the molecule is CC(O)[C@]1(C)CC[C@H]([C@]2(C)CC[C@@H](C[C@H](O)[C@H](C)[C@H](O)[C@H](C)/C=C/C[C@H](C)C[C@@H](C)/C(O)=C/C(=O)[C@@H](C)C[C@@H](C)C[C@H](C)CCC(=O)O)O2)O1. The van der Waals surface area contributed by atoms with Gasteiger partial charge in [-0.15, -0.1) is 0 Å². The number of carboxylic acids is 1. The zero-order valence-electron chi connectivity index (χ0n) is 32.8. The minimum atomic E-state index is -0.781. The monoisotopic (exact) mass is 709 g/mol. The highest BCUT2D eigenvalue weighted by Crippen LogP contribution is 2.45. The Hall–Kier alpha value is -1.78. The normalized spacial score (nSPS) is 30.7. The van der Waals surface area contributed by atoms with Gasteiger partial charge in [0.05, 0.1) is 47.5 Å². The molecule has 2 heterocycles. The standard InChI is InChI=1S/C41H72O9/c1-25(21-29(5)34(43)24-35(44)30(6)22-27(3)20-26(2)14-15-38(46)47)12-11-13-28(4)39(48)31(7)36(45)23-33-16-18-41(10,49-33)37-17-19-40(9,50-37)32(8)42/h11,13,24-33,36-37,39,42-43,45,48H,12,14-23H2,1-10H3,(H,46,47)/b13-11+,34-24-/t25-,26+,27-,28+,29+,30-,31-,32?,33-,36-,37+,39+,40-,41-/m0/s1. The molecule has 0 spiro atoms. The Balaban J connectivity index is 1.77. The molecule has 9 heteroatoms. The van der Waals surface area contributed by atoms with Gasteiger partial charge in [-0.25, -0.2) is 0 Å². The van der Waals surface area contributed by atoms with E-state index in [1.807, 2.05) is 40.7 Å². The van der Waals surface area contributed by atoms with Gasteiger partial charge in [0, 0.05) is 36.2 Å². The molecule has 50 heavy (non-hydrogen) atoms. The second-order valence-corrected chi connectivity index (χ2v) is 17.1. The molecule has 2 fully saturated rings. The highest BCUT2D eigenvalue weighted by atomic mass is 16.6. The summed E-state index contributed by atoms with van der Waals surface area (Å²) in [7, 11) is 0. The van der Waals surface area contributed by atoms with Gasteiger partial charge in [-0.05, 0) is 103 Å². The van der Waals surface area contributed by atoms with Crippen molar-refractivity contribution in [2.75, 3.05) is 0 Å². The van der Waals surface area contributed by atoms with E-state index in [4.69, 9.17) is 14.6 Å². The summed E-state index contributed by atoms with van der Waals surface area (Å²) >= 11 is 0. The summed E-state index contributed by atoms with van der Waals surface area (Å²) in [5.41, 5.74) is -1.01. The second-order valence-electron chi connectivity index (χ2n) is 17.1. The van der Waals surface area contributed by atoms with Crippen molar-refractivity contribution in [3.8, 4) is 0 Å². The number of aliphatic hydroxyl groups is 4. The van der Waals surface area contributed by atoms with E-state index in [1.165, 1.54) is 6.08 Å². The number of ether oxygens (including phenoxy) is 2. The maximum absolute atomic E-state index is 12.8. The largest absolute Gasteiger partial charge is 0.512 e. The number of ketones is 1. The van der Waals surface area contributed by atoms with Crippen molar-refractivity contribution in [2.24, 2.45) is 41.4 Å². The third-order valence-electron chi connectivity index (χ3n) is 11.9. The lowest BCUT2D eigenvalue weighted by Gasteiger charge is -2.35. The zero-order chi connectivity index (χ0) is 38.0. The summed E-state index contributed by atoms with van der Waals surface area (Å²) < 4.78 is 12.7. The third kappa shape index (κ3) is 13.6. The Morgan fingerprint density at radius 1 is 0.820 bits per heavy atom. The van der Waals surface area contributed by atoms with Crippen LogP contribution in [0.2, 0.25) is 0 Å². The zero-order valence-corrected chi connectivity index (χ0v) is 32.8. The van der Waals surface area contributed by atoms with Crippen LogP contribution < -0.4 is 0 Å². The van der Waals surface area contributed by atoms with E-state index in [2.05, 4.69) is 33.8 Å². The quantitative estimate of drug-likeness (QED) is 0.0431. The smallest absolute Gasteiger partial charge is 0.303 e. The fourth-order valence-electron chi connectivity index (χ4n) is 8.02. The molecule has 0 aromatic rings. The molecular weight excluding hydrogens is 636 g/mol. The van der Waals surface area contributed by atoms with E-state index >= 15 is 0 Å². The molecular formula is C41H72O9. The Labute approximate surface area is 302 Å². The number of carboxylic acid groups (broad SMARTS) is 1. The van der Waals surface area contributed by atoms with E-state index in [-0.39, 0.29) is 71.6 Å². The van der Waals surface area contributed by atoms with Gasteiger partial charge in [0.25, 0.3) is 0 Å². The van der Waals surface area contributed by atoms with E-state index in [1.54, 1.807) is 6.92 Å². The summed E-state index contributed by atoms with van der Waals surface area (Å²) in [5, 5.41) is 51.9. The molecule has 5 N–H and O–H groups in total. The second kappa shape index (κ2) is 19.9. The average Bonchev–Trinajstić information content (AvgIpc) is 3.63. The lowest BCUT2D eigenvalue weighted by atomic mass is 9.85. The highest BCUT2D eigenvalue weighted by Gasteiger charge is 2.51. The molecule has 0 aliphatic carbocycles. The Morgan fingerprint density at radius 2 is 1.46 bits per heavy atom. The van der Waals surface area contributed by atoms with Crippen LogP contribution in [0, 0.1) is 41.4 Å². The molecule has 2 rings (SSSR count). The van der Waals surface area contributed by atoms with Crippen molar-refractivity contribution in [1.29, 1.82) is 0 Å². The van der Waals surface area contributed by atoms with Crippen LogP contribution in [0.4, 0.5) is 0 Å². The number of hydrogen-bond donors (Lipinski definition) is 5. The van der Waals surface area contributed by atoms with Gasteiger partial charge >= 0.3 is 5.97 Å². The molecule has 290 valence electrons. The summed E-state index contributed by atoms with van der Waals surface area (Å²) in [6.45, 7) is 19.7. The average molecular weight is 709 g/mol. The number of carbonyl (C=O) groups is 2. The molecule has 1 unspecified atom stereocenters. The van der Waals surface area contributed by atoms with E-state index in [0.717, 1.165) is 38.5 Å². The summed E-state index contributed by atoms with van der Waals surface area (Å²) in [4.78, 5) is 23.7. The molecule has 0 aromatic heterocycles. The van der Waals surface area contributed by atoms with Crippen LogP contribution in [0.25, 0.3) is 0 Å². The van der Waals surface area contributed by atoms with E-state index < -0.39 is 35.5 Å². The molecule has 2 saturated heterocycles. The Kier molecular flexibility index (Phi) is 17.7. The van der Waals surface area contributed by atoms with Gasteiger partial charge in [-0.3, -0.25) is 9.59 Å². The van der Waals surface area contributed by atoms with Crippen molar-refractivity contribution in [2.45, 2.75) is 182 Å². The fraction of sp³-hybridized carbons (Fsp3) is 0.854. The van der Waals surface area contributed by atoms with Gasteiger partial charge in [0.1, 0.15) is 0 Å². The van der Waals surface area contributed by atoms with Crippen LogP contribution in [-0.4, -0.2) is 79.0 Å². The molecule has 0 aromatic carbocycles. The number of aliphatic hydroxyl groups excluding tert-OH is 4. The molecule has 2 aliphatic rings. The number of allylic oxidation sites excluding steroid dienone is 3. The Bertz CT molecular complexity index is 1120. The molecule has 9 nitrogen and oxygen atoms in total. The van der Waals surface area contributed by atoms with Crippen molar-refractivity contribution >= 4 is 11.8 Å². The molecule has 0 amide bonds. The van der Waals surface area contributed by atoms with Crippen LogP contribution in [0.15, 0.2) is 24.0 Å². The number of hydrogen-bond acceptors (Lipinski definition) is 8. The predicted molar refractivity (Wildman–Crippen MR) is 198 cm³/mol. The number of rotatable bonds is 22. The lowest BCUT2D eigenvalue weighted by molar-refractivity contribution is -0.172. The first-order valence-corrected chi connectivity index (χ1v) is 19.4. The van der Waals surface area contributed by atoms with Gasteiger partial charge < -0.3 is 35.0 Å². The van der Waals surface area contributed by atoms with Crippen LogP contribution in [0.5, 0.6) is 0 Å². The third-order valence-corrected chi connectivity index (χ3v) is 11.9. The first-order valence-electron chi connectivity index (χ1n) is 19.4. The van der Waals surface area contributed by atoms with Crippen LogP contribution >= 0.6 is 0 Å². The molecule has 0 saturated carbocycles. The molecule has 14 atom stereocenters. The van der Waals surface area contributed by atoms with Crippen molar-refractivity contribution in [3.63, 3.8) is 0 Å². The van der Waals surface area contributed by atoms with Crippen molar-refractivity contribution in [3.05, 3.63) is 24.0 Å². The van der Waals surface area contributed by atoms with Gasteiger partial charge in [-0.1, -0.05) is 60.6 Å². The summed E-state index contributed by atoms with van der Waals surface area (Å²) in [6.07, 6.45) is 10.8. The van der Waals surface area contributed by atoms with E-state index in [9.17, 15) is 30.0 Å². The van der Waals surface area contributed by atoms with Gasteiger partial charge in [0.15, 0.2) is 5.78 Å². The minimum Gasteiger partial charge on any atom is -0.512 e. The first kappa shape index (κ1) is 44.4. The number of carbonyl (C=O) groups excluding carboxylic acids is 1. The summed E-state index contributed by atoms with van der Waals surface area (Å²) in [5.74, 6) is -0.810. The van der Waals surface area contributed by atoms with Crippen LogP contribution in [0.3, 0.4) is 0 Å². The molecule has 0 radical (unpaired) electrons. The fourth-order valence-corrected chi connectivity index (χ4v) is 8.02. The van der Waals surface area contributed by atoms with Crippen LogP contribution in [-0.2, 0) is 19.1 Å². The molecule has 2 aliphatic heterocycles.